The van der Waals surface area contributed by atoms with Crippen molar-refractivity contribution in [1.29, 1.82) is 0 Å². The van der Waals surface area contributed by atoms with Gasteiger partial charge in [-0.3, -0.25) is 4.79 Å². The Balaban J connectivity index is 2.27. The number of hydrogen-bond acceptors (Lipinski definition) is 3. The van der Waals surface area contributed by atoms with Crippen LogP contribution in [0, 0.1) is 5.92 Å². The summed E-state index contributed by atoms with van der Waals surface area (Å²) < 4.78 is 1.77. The third-order valence-electron chi connectivity index (χ3n) is 3.97. The van der Waals surface area contributed by atoms with Crippen molar-refractivity contribution in [2.45, 2.75) is 19.4 Å². The molecule has 1 aliphatic carbocycles. The molecule has 110 valence electrons. The molecule has 5 heteroatoms. The molecule has 0 aliphatic heterocycles. The van der Waals surface area contributed by atoms with E-state index >= 15 is 0 Å². The molecular weight excluding hydrogens is 268 g/mol. The van der Waals surface area contributed by atoms with Crippen molar-refractivity contribution in [3.05, 3.63) is 40.2 Å². The molecule has 1 aromatic carbocycles. The minimum absolute atomic E-state index is 0.0806. The fourth-order valence-corrected chi connectivity index (χ4v) is 2.58. The minimum atomic E-state index is -1.05. The number of carboxylic acid groups (broad SMARTS) is 1. The first kappa shape index (κ1) is 13.7. The lowest BCUT2D eigenvalue weighted by atomic mass is 10.1. The average Bonchev–Trinajstić information content (AvgIpc) is 3.25. The van der Waals surface area contributed by atoms with Crippen molar-refractivity contribution < 1.29 is 9.90 Å². The van der Waals surface area contributed by atoms with Crippen LogP contribution in [0.1, 0.15) is 23.3 Å². The van der Waals surface area contributed by atoms with Crippen molar-refractivity contribution in [3.8, 4) is 0 Å². The fraction of sp³-hybridized carbons (Fsp3) is 0.375. The highest BCUT2D eigenvalue weighted by Crippen LogP contribution is 2.32. The lowest BCUT2D eigenvalue weighted by Crippen LogP contribution is -2.19. The number of pyridine rings is 1. The maximum absolute atomic E-state index is 12.2. The van der Waals surface area contributed by atoms with E-state index in [0.29, 0.717) is 23.4 Å². The molecular formula is C16H18N2O3. The largest absolute Gasteiger partial charge is 0.477 e. The van der Waals surface area contributed by atoms with Crippen LogP contribution in [0.15, 0.2) is 29.1 Å². The third kappa shape index (κ3) is 2.51. The zero-order chi connectivity index (χ0) is 15.1. The number of benzene rings is 1. The highest BCUT2D eigenvalue weighted by Gasteiger charge is 2.25. The van der Waals surface area contributed by atoms with Gasteiger partial charge in [0.2, 0.25) is 0 Å². The van der Waals surface area contributed by atoms with Crippen LogP contribution in [0.4, 0.5) is 5.69 Å². The molecule has 0 saturated heterocycles. The van der Waals surface area contributed by atoms with Crippen LogP contribution in [0.25, 0.3) is 10.9 Å². The number of aromatic nitrogens is 1. The Morgan fingerprint density at radius 1 is 1.33 bits per heavy atom. The first-order chi connectivity index (χ1) is 9.97. The summed E-state index contributed by atoms with van der Waals surface area (Å²) in [6.07, 6.45) is 2.25. The van der Waals surface area contributed by atoms with Crippen LogP contribution in [-0.2, 0) is 6.54 Å². The van der Waals surface area contributed by atoms with Crippen molar-refractivity contribution in [2.24, 2.45) is 5.92 Å². The van der Waals surface area contributed by atoms with E-state index in [0.717, 1.165) is 18.5 Å². The summed E-state index contributed by atoms with van der Waals surface area (Å²) in [5.41, 5.74) is 1.48. The van der Waals surface area contributed by atoms with Gasteiger partial charge >= 0.3 is 5.97 Å². The third-order valence-corrected chi connectivity index (χ3v) is 3.97. The van der Waals surface area contributed by atoms with Crippen molar-refractivity contribution >= 4 is 22.6 Å². The molecule has 0 amide bonds. The molecule has 1 aliphatic rings. The van der Waals surface area contributed by atoms with E-state index in [9.17, 15) is 14.7 Å². The molecule has 0 bridgehead atoms. The second-order valence-electron chi connectivity index (χ2n) is 5.85. The first-order valence-corrected chi connectivity index (χ1v) is 7.05. The second-order valence-corrected chi connectivity index (χ2v) is 5.85. The number of fused-ring (bicyclic) bond motifs is 1. The van der Waals surface area contributed by atoms with Gasteiger partial charge in [0, 0.05) is 37.8 Å². The summed E-state index contributed by atoms with van der Waals surface area (Å²) in [6.45, 7) is 0.666. The number of aromatic carboxylic acids is 1. The van der Waals surface area contributed by atoms with Crippen LogP contribution in [0.2, 0.25) is 0 Å². The van der Waals surface area contributed by atoms with Crippen molar-refractivity contribution in [2.75, 3.05) is 19.0 Å². The van der Waals surface area contributed by atoms with Gasteiger partial charge in [0.1, 0.15) is 5.69 Å². The Bertz CT molecular complexity index is 773. The number of anilines is 1. The highest BCUT2D eigenvalue weighted by atomic mass is 16.4. The summed E-state index contributed by atoms with van der Waals surface area (Å²) >= 11 is 0. The van der Waals surface area contributed by atoms with E-state index < -0.39 is 5.97 Å². The van der Waals surface area contributed by atoms with Crippen LogP contribution >= 0.6 is 0 Å². The standard InChI is InChI=1S/C16H18N2O3/c1-17(2)11-5-6-13-12(7-11)15(19)8-14(16(20)21)18(13)9-10-3-4-10/h5-8,10H,3-4,9H2,1-2H3,(H,20,21). The molecule has 1 heterocycles. The molecule has 0 unspecified atom stereocenters. The van der Waals surface area contributed by atoms with Gasteiger partial charge in [-0.15, -0.1) is 0 Å². The highest BCUT2D eigenvalue weighted by molar-refractivity contribution is 5.91. The summed E-state index contributed by atoms with van der Waals surface area (Å²) in [5, 5.41) is 9.93. The monoisotopic (exact) mass is 286 g/mol. The molecule has 0 atom stereocenters. The Morgan fingerprint density at radius 2 is 2.05 bits per heavy atom. The van der Waals surface area contributed by atoms with Crippen molar-refractivity contribution in [3.63, 3.8) is 0 Å². The molecule has 0 radical (unpaired) electrons. The molecule has 1 N–H and O–H groups in total. The Kier molecular flexibility index (Phi) is 3.20. The molecule has 2 aromatic rings. The van der Waals surface area contributed by atoms with Gasteiger partial charge in [0.05, 0.1) is 5.52 Å². The predicted octanol–water partition coefficient (Wildman–Crippen LogP) is 2.18. The number of carboxylic acids is 1. The van der Waals surface area contributed by atoms with Crippen molar-refractivity contribution in [1.82, 2.24) is 4.57 Å². The molecule has 0 spiro atoms. The SMILES string of the molecule is CN(C)c1ccc2c(c1)c(=O)cc(C(=O)O)n2CC1CC1. The van der Waals surface area contributed by atoms with E-state index in [1.807, 2.05) is 37.2 Å². The first-order valence-electron chi connectivity index (χ1n) is 7.05. The maximum Gasteiger partial charge on any atom is 0.352 e. The molecule has 5 nitrogen and oxygen atoms in total. The Hall–Kier alpha value is -2.30. The predicted molar refractivity (Wildman–Crippen MR) is 82.2 cm³/mol. The second kappa shape index (κ2) is 4.91. The quantitative estimate of drug-likeness (QED) is 0.935. The Labute approximate surface area is 122 Å². The van der Waals surface area contributed by atoms with Gasteiger partial charge in [-0.05, 0) is 37.0 Å². The van der Waals surface area contributed by atoms with Crippen LogP contribution in [0.3, 0.4) is 0 Å². The smallest absolute Gasteiger partial charge is 0.352 e. The average molecular weight is 286 g/mol. The van der Waals surface area contributed by atoms with Gasteiger partial charge in [-0.1, -0.05) is 0 Å². The lowest BCUT2D eigenvalue weighted by molar-refractivity contribution is 0.0684. The van der Waals surface area contributed by atoms with Gasteiger partial charge in [-0.2, -0.15) is 0 Å². The van der Waals surface area contributed by atoms with Gasteiger partial charge < -0.3 is 14.6 Å². The van der Waals surface area contributed by atoms with E-state index in [-0.39, 0.29) is 11.1 Å². The number of nitrogens with zero attached hydrogens (tertiary/aromatic N) is 2. The van der Waals surface area contributed by atoms with Crippen LogP contribution in [-0.4, -0.2) is 29.7 Å². The lowest BCUT2D eigenvalue weighted by Gasteiger charge is -2.17. The normalized spacial score (nSPS) is 14.4. The summed E-state index contributed by atoms with van der Waals surface area (Å²) in [7, 11) is 3.82. The van der Waals surface area contributed by atoms with E-state index in [4.69, 9.17) is 0 Å². The van der Waals surface area contributed by atoms with Gasteiger partial charge in [0.25, 0.3) is 0 Å². The zero-order valence-electron chi connectivity index (χ0n) is 12.2. The molecule has 3 rings (SSSR count). The summed E-state index contributed by atoms with van der Waals surface area (Å²) in [4.78, 5) is 25.6. The zero-order valence-corrected chi connectivity index (χ0v) is 12.2. The van der Waals surface area contributed by atoms with Crippen LogP contribution < -0.4 is 10.3 Å². The molecule has 1 saturated carbocycles. The topological polar surface area (TPSA) is 62.5 Å². The Morgan fingerprint density at radius 3 is 2.62 bits per heavy atom. The van der Waals surface area contributed by atoms with Crippen LogP contribution in [0.5, 0.6) is 0 Å². The molecule has 1 fully saturated rings. The number of hydrogen-bond donors (Lipinski definition) is 1. The van der Waals surface area contributed by atoms with E-state index in [1.165, 1.54) is 6.07 Å². The van der Waals surface area contributed by atoms with Gasteiger partial charge in [0.15, 0.2) is 5.43 Å². The number of carbonyl (C=O) groups is 1. The summed E-state index contributed by atoms with van der Waals surface area (Å²) in [6, 6.07) is 6.83. The number of rotatable bonds is 4. The van der Waals surface area contributed by atoms with E-state index in [1.54, 1.807) is 4.57 Å². The fourth-order valence-electron chi connectivity index (χ4n) is 2.58. The summed E-state index contributed by atoms with van der Waals surface area (Å²) in [5.74, 6) is -0.520. The van der Waals surface area contributed by atoms with E-state index in [2.05, 4.69) is 0 Å². The molecule has 21 heavy (non-hydrogen) atoms. The van der Waals surface area contributed by atoms with Gasteiger partial charge in [-0.25, -0.2) is 4.79 Å². The minimum Gasteiger partial charge on any atom is -0.477 e. The molecule has 1 aromatic heterocycles. The maximum atomic E-state index is 12.2.